The Morgan fingerprint density at radius 1 is 1.28 bits per heavy atom. The predicted octanol–water partition coefficient (Wildman–Crippen LogP) is 2.66. The minimum atomic E-state index is -0.362. The van der Waals surface area contributed by atoms with Gasteiger partial charge in [0, 0.05) is 32.4 Å². The smallest absolute Gasteiger partial charge is 0.262 e. The maximum atomic E-state index is 12.4. The number of hydrogen-bond acceptors (Lipinski definition) is 5. The molecular weight excluding hydrogens is 366 g/mol. The lowest BCUT2D eigenvalue weighted by atomic mass is 10.1. The predicted molar refractivity (Wildman–Crippen MR) is 112 cm³/mol. The quantitative estimate of drug-likeness (QED) is 0.438. The van der Waals surface area contributed by atoms with Gasteiger partial charge in [-0.15, -0.1) is 0 Å². The van der Waals surface area contributed by atoms with Crippen LogP contribution in [-0.2, 0) is 14.3 Å². The second-order valence-electron chi connectivity index (χ2n) is 6.97. The molecule has 1 aliphatic heterocycles. The zero-order valence-electron chi connectivity index (χ0n) is 16.8. The molecule has 1 aromatic rings. The number of rotatable bonds is 7. The number of benzene rings is 1. The van der Waals surface area contributed by atoms with E-state index >= 15 is 0 Å². The van der Waals surface area contributed by atoms with Gasteiger partial charge in [0.1, 0.15) is 11.6 Å². The highest BCUT2D eigenvalue weighted by Crippen LogP contribution is 2.36. The van der Waals surface area contributed by atoms with Crippen molar-refractivity contribution < 1.29 is 14.3 Å². The standard InChI is InChI=1S/C23H27N3O3/c1-28-12-9-25-23(27)21(17-24)16-20-8-7-19(15-18-5-3-2-4-6-18)22(20)26-10-13-29-14-11-26/h2-6,15-16H,7-14H2,1H3,(H,25,27). The van der Waals surface area contributed by atoms with E-state index in [1.165, 1.54) is 5.57 Å². The summed E-state index contributed by atoms with van der Waals surface area (Å²) < 4.78 is 10.5. The molecule has 0 spiro atoms. The van der Waals surface area contributed by atoms with Crippen molar-refractivity contribution in [2.45, 2.75) is 12.8 Å². The number of nitrogens with one attached hydrogen (secondary N) is 1. The molecule has 0 radical (unpaired) electrons. The maximum absolute atomic E-state index is 12.4. The molecule has 1 saturated heterocycles. The molecule has 0 saturated carbocycles. The first-order chi connectivity index (χ1) is 14.2. The fourth-order valence-electron chi connectivity index (χ4n) is 3.62. The van der Waals surface area contributed by atoms with Crippen molar-refractivity contribution in [3.05, 3.63) is 64.4 Å². The van der Waals surface area contributed by atoms with Crippen LogP contribution >= 0.6 is 0 Å². The van der Waals surface area contributed by atoms with E-state index in [9.17, 15) is 10.1 Å². The van der Waals surface area contributed by atoms with Crippen LogP contribution in [0.1, 0.15) is 18.4 Å². The van der Waals surface area contributed by atoms with Crippen molar-refractivity contribution in [2.24, 2.45) is 0 Å². The molecule has 6 heteroatoms. The van der Waals surface area contributed by atoms with Crippen LogP contribution in [0.5, 0.6) is 0 Å². The summed E-state index contributed by atoms with van der Waals surface area (Å²) in [5.74, 6) is -0.362. The lowest BCUT2D eigenvalue weighted by molar-refractivity contribution is -0.117. The third-order valence-electron chi connectivity index (χ3n) is 5.02. The molecule has 0 atom stereocenters. The zero-order chi connectivity index (χ0) is 20.5. The number of carbonyl (C=O) groups excluding carboxylic acids is 1. The molecule has 6 nitrogen and oxygen atoms in total. The summed E-state index contributed by atoms with van der Waals surface area (Å²) in [7, 11) is 1.58. The first-order valence-corrected chi connectivity index (χ1v) is 9.93. The van der Waals surface area contributed by atoms with E-state index in [1.54, 1.807) is 13.2 Å². The number of amides is 1. The Bertz CT molecular complexity index is 844. The highest BCUT2D eigenvalue weighted by molar-refractivity contribution is 5.97. The summed E-state index contributed by atoms with van der Waals surface area (Å²) in [6.45, 7) is 3.77. The van der Waals surface area contributed by atoms with E-state index in [4.69, 9.17) is 9.47 Å². The lowest BCUT2D eigenvalue weighted by Crippen LogP contribution is -2.36. The largest absolute Gasteiger partial charge is 0.383 e. The number of hydrogen-bond donors (Lipinski definition) is 1. The molecule has 1 fully saturated rings. The Morgan fingerprint density at radius 2 is 2.03 bits per heavy atom. The van der Waals surface area contributed by atoms with Gasteiger partial charge in [-0.2, -0.15) is 5.26 Å². The zero-order valence-corrected chi connectivity index (χ0v) is 16.8. The van der Waals surface area contributed by atoms with E-state index in [1.807, 2.05) is 18.2 Å². The average molecular weight is 393 g/mol. The number of morpholine rings is 1. The fourth-order valence-corrected chi connectivity index (χ4v) is 3.62. The monoisotopic (exact) mass is 393 g/mol. The van der Waals surface area contributed by atoms with Crippen molar-refractivity contribution in [1.29, 1.82) is 5.26 Å². The highest BCUT2D eigenvalue weighted by atomic mass is 16.5. The van der Waals surface area contributed by atoms with Crippen molar-refractivity contribution in [2.75, 3.05) is 46.6 Å². The Hall–Kier alpha value is -2.88. The van der Waals surface area contributed by atoms with Crippen LogP contribution in [0.4, 0.5) is 0 Å². The average Bonchev–Trinajstić information content (AvgIpc) is 3.15. The van der Waals surface area contributed by atoms with Crippen LogP contribution in [0.3, 0.4) is 0 Å². The number of nitriles is 1. The molecular formula is C23H27N3O3. The Balaban J connectivity index is 1.93. The molecule has 0 unspecified atom stereocenters. The van der Waals surface area contributed by atoms with E-state index < -0.39 is 0 Å². The Kier molecular flexibility index (Phi) is 7.62. The maximum Gasteiger partial charge on any atom is 0.262 e. The van der Waals surface area contributed by atoms with Gasteiger partial charge in [-0.25, -0.2) is 0 Å². The summed E-state index contributed by atoms with van der Waals surface area (Å²) in [6.07, 6.45) is 5.65. The Labute approximate surface area is 172 Å². The molecule has 1 aromatic carbocycles. The summed E-state index contributed by atoms with van der Waals surface area (Å²) >= 11 is 0. The van der Waals surface area contributed by atoms with Gasteiger partial charge in [0.25, 0.3) is 5.91 Å². The molecule has 1 aliphatic carbocycles. The van der Waals surface area contributed by atoms with E-state index in [-0.39, 0.29) is 11.5 Å². The van der Waals surface area contributed by atoms with Crippen molar-refractivity contribution in [1.82, 2.24) is 10.2 Å². The molecule has 0 aromatic heterocycles. The van der Waals surface area contributed by atoms with Crippen molar-refractivity contribution in [3.63, 3.8) is 0 Å². The number of ether oxygens (including phenoxy) is 2. The van der Waals surface area contributed by atoms with Crippen LogP contribution < -0.4 is 5.32 Å². The van der Waals surface area contributed by atoms with E-state index in [2.05, 4.69) is 34.5 Å². The topological polar surface area (TPSA) is 74.6 Å². The second kappa shape index (κ2) is 10.6. The first-order valence-electron chi connectivity index (χ1n) is 9.93. The molecule has 1 amide bonds. The third kappa shape index (κ3) is 5.57. The molecule has 3 rings (SSSR count). The van der Waals surface area contributed by atoms with E-state index in [0.717, 1.165) is 42.8 Å². The van der Waals surface area contributed by atoms with Crippen LogP contribution in [0.25, 0.3) is 6.08 Å². The molecule has 1 N–H and O–H groups in total. The SMILES string of the molecule is COCCNC(=O)C(C#N)=CC1=C(N2CCOCC2)C(=Cc2ccccc2)CC1. The summed E-state index contributed by atoms with van der Waals surface area (Å²) in [5.41, 5.74) is 4.68. The van der Waals surface area contributed by atoms with Gasteiger partial charge in [-0.3, -0.25) is 4.79 Å². The normalized spacial score (nSPS) is 18.8. The van der Waals surface area contributed by atoms with Crippen LogP contribution in [0, 0.1) is 11.3 Å². The first kappa shape index (κ1) is 20.8. The molecule has 152 valence electrons. The Morgan fingerprint density at radius 3 is 2.72 bits per heavy atom. The van der Waals surface area contributed by atoms with Gasteiger partial charge in [-0.1, -0.05) is 30.3 Å². The second-order valence-corrected chi connectivity index (χ2v) is 6.97. The van der Waals surface area contributed by atoms with Crippen LogP contribution in [0.2, 0.25) is 0 Å². The highest BCUT2D eigenvalue weighted by Gasteiger charge is 2.26. The van der Waals surface area contributed by atoms with Gasteiger partial charge in [-0.05, 0) is 41.7 Å². The summed E-state index contributed by atoms with van der Waals surface area (Å²) in [4.78, 5) is 14.7. The van der Waals surface area contributed by atoms with Gasteiger partial charge in [0.2, 0.25) is 0 Å². The van der Waals surface area contributed by atoms with Gasteiger partial charge < -0.3 is 19.7 Å². The lowest BCUT2D eigenvalue weighted by Gasteiger charge is -2.31. The molecule has 1 heterocycles. The van der Waals surface area contributed by atoms with Crippen molar-refractivity contribution >= 4 is 12.0 Å². The number of methoxy groups -OCH3 is 1. The van der Waals surface area contributed by atoms with Crippen molar-refractivity contribution in [3.8, 4) is 6.07 Å². The summed E-state index contributed by atoms with van der Waals surface area (Å²) in [6, 6.07) is 12.3. The van der Waals surface area contributed by atoms with Crippen LogP contribution in [0.15, 0.2) is 58.8 Å². The molecule has 0 bridgehead atoms. The minimum absolute atomic E-state index is 0.128. The summed E-state index contributed by atoms with van der Waals surface area (Å²) in [5, 5.41) is 12.3. The van der Waals surface area contributed by atoms with Crippen LogP contribution in [-0.4, -0.2) is 57.4 Å². The third-order valence-corrected chi connectivity index (χ3v) is 5.02. The molecule has 29 heavy (non-hydrogen) atoms. The fraction of sp³-hybridized carbons (Fsp3) is 0.391. The molecule has 2 aliphatic rings. The van der Waals surface area contributed by atoms with Gasteiger partial charge in [0.05, 0.1) is 19.8 Å². The minimum Gasteiger partial charge on any atom is -0.383 e. The van der Waals surface area contributed by atoms with Gasteiger partial charge in [0.15, 0.2) is 0 Å². The number of carbonyl (C=O) groups is 1. The van der Waals surface area contributed by atoms with E-state index in [0.29, 0.717) is 26.4 Å². The van der Waals surface area contributed by atoms with Gasteiger partial charge >= 0.3 is 0 Å². The number of allylic oxidation sites excluding steroid dienone is 3. The number of nitrogens with zero attached hydrogens (tertiary/aromatic N) is 2.